The molecule has 0 saturated carbocycles. The van der Waals surface area contributed by atoms with Crippen molar-refractivity contribution in [3.63, 3.8) is 0 Å². The Morgan fingerprint density at radius 2 is 1.74 bits per heavy atom. The quantitative estimate of drug-likeness (QED) is 0.575. The average Bonchev–Trinajstić information content (AvgIpc) is 3.05. The van der Waals surface area contributed by atoms with Crippen LogP contribution in [0, 0.1) is 0 Å². The smallest absolute Gasteiger partial charge is 0.0792 e. The Morgan fingerprint density at radius 3 is 2.48 bits per heavy atom. The van der Waals surface area contributed by atoms with Crippen LogP contribution in [-0.4, -0.2) is 30.0 Å². The van der Waals surface area contributed by atoms with Gasteiger partial charge in [0.1, 0.15) is 0 Å². The molecule has 1 aliphatic rings. The lowest BCUT2D eigenvalue weighted by Crippen LogP contribution is -2.22. The number of aliphatic hydroxyl groups is 1. The van der Waals surface area contributed by atoms with Gasteiger partial charge in [0.05, 0.1) is 5.54 Å². The van der Waals surface area contributed by atoms with Gasteiger partial charge in [-0.2, -0.15) is 0 Å². The van der Waals surface area contributed by atoms with Crippen molar-refractivity contribution in [1.82, 2.24) is 5.32 Å². The third-order valence-corrected chi connectivity index (χ3v) is 4.48. The first kappa shape index (κ1) is 17.9. The van der Waals surface area contributed by atoms with E-state index in [4.69, 9.17) is 5.11 Å². The van der Waals surface area contributed by atoms with Gasteiger partial charge in [0.25, 0.3) is 0 Å². The average molecular weight is 314 g/mol. The molecule has 3 nitrogen and oxygen atoms in total. The van der Waals surface area contributed by atoms with E-state index in [2.05, 4.69) is 46.7 Å². The Kier molecular flexibility index (Phi) is 8.05. The van der Waals surface area contributed by atoms with E-state index >= 15 is 0 Å². The van der Waals surface area contributed by atoms with Crippen molar-refractivity contribution in [3.8, 4) is 0 Å². The third kappa shape index (κ3) is 6.67. The maximum absolute atomic E-state index is 9.03. The van der Waals surface area contributed by atoms with E-state index in [-0.39, 0.29) is 12.1 Å². The highest BCUT2D eigenvalue weighted by Gasteiger charge is 2.26. The van der Waals surface area contributed by atoms with Gasteiger partial charge in [0.15, 0.2) is 0 Å². The van der Waals surface area contributed by atoms with Crippen LogP contribution in [-0.2, 0) is 6.54 Å². The van der Waals surface area contributed by atoms with Crippen LogP contribution in [0.15, 0.2) is 47.5 Å². The lowest BCUT2D eigenvalue weighted by atomic mass is 9.88. The lowest BCUT2D eigenvalue weighted by Gasteiger charge is -2.24. The molecule has 0 aliphatic carbocycles. The van der Waals surface area contributed by atoms with Crippen LogP contribution in [0.2, 0.25) is 0 Å². The second kappa shape index (κ2) is 10.3. The number of nitrogens with one attached hydrogen (secondary N) is 1. The number of allylic oxidation sites excluding steroid dienone is 1. The maximum atomic E-state index is 9.03. The molecule has 0 fully saturated rings. The van der Waals surface area contributed by atoms with Crippen molar-refractivity contribution in [2.24, 2.45) is 4.99 Å². The van der Waals surface area contributed by atoms with Gasteiger partial charge >= 0.3 is 0 Å². The predicted octanol–water partition coefficient (Wildman–Crippen LogP) is 3.88. The van der Waals surface area contributed by atoms with Gasteiger partial charge in [-0.05, 0) is 43.9 Å². The molecule has 2 N–H and O–H groups in total. The van der Waals surface area contributed by atoms with E-state index in [0.717, 1.165) is 32.4 Å². The standard InChI is InChI=1S/C20H30N2O/c23-17-9-14-20(13-8-16-22-20)12-6-1-2-7-15-21-18-19-10-4-3-5-11-19/h3-5,8,10-11,13,16,21,23H,1-2,6-7,9,12,14-15,17-18H2. The fraction of sp³-hybridized carbons (Fsp3) is 0.550. The summed E-state index contributed by atoms with van der Waals surface area (Å²) in [6.07, 6.45) is 14.1. The predicted molar refractivity (Wildman–Crippen MR) is 97.9 cm³/mol. The maximum Gasteiger partial charge on any atom is 0.0792 e. The van der Waals surface area contributed by atoms with E-state index in [1.54, 1.807) is 0 Å². The minimum Gasteiger partial charge on any atom is -0.396 e. The van der Waals surface area contributed by atoms with E-state index in [1.165, 1.54) is 31.2 Å². The zero-order chi connectivity index (χ0) is 16.2. The van der Waals surface area contributed by atoms with Crippen molar-refractivity contribution in [2.45, 2.75) is 57.0 Å². The molecule has 0 bridgehead atoms. The molecule has 1 heterocycles. The molecule has 0 aromatic heterocycles. The molecule has 3 heteroatoms. The minimum atomic E-state index is -0.0196. The molecule has 1 aromatic rings. The lowest BCUT2D eigenvalue weighted by molar-refractivity contribution is 0.268. The number of unbranched alkanes of at least 4 members (excludes halogenated alkanes) is 3. The Balaban J connectivity index is 1.50. The van der Waals surface area contributed by atoms with Crippen LogP contribution >= 0.6 is 0 Å². The summed E-state index contributed by atoms with van der Waals surface area (Å²) in [6, 6.07) is 10.6. The van der Waals surface area contributed by atoms with Gasteiger partial charge in [0, 0.05) is 19.4 Å². The Bertz CT molecular complexity index is 470. The fourth-order valence-corrected chi connectivity index (χ4v) is 3.13. The summed E-state index contributed by atoms with van der Waals surface area (Å²) in [5, 5.41) is 12.5. The Hall–Kier alpha value is -1.45. The molecular weight excluding hydrogens is 284 g/mol. The van der Waals surface area contributed by atoms with Crippen molar-refractivity contribution in [3.05, 3.63) is 48.0 Å². The first-order valence-corrected chi connectivity index (χ1v) is 8.93. The Labute approximate surface area is 140 Å². The van der Waals surface area contributed by atoms with Crippen molar-refractivity contribution in [1.29, 1.82) is 0 Å². The summed E-state index contributed by atoms with van der Waals surface area (Å²) in [6.45, 7) is 2.31. The van der Waals surface area contributed by atoms with E-state index in [1.807, 2.05) is 12.3 Å². The molecule has 0 saturated heterocycles. The molecule has 1 aliphatic heterocycles. The molecule has 0 amide bonds. The van der Waals surface area contributed by atoms with E-state index in [9.17, 15) is 0 Å². The summed E-state index contributed by atoms with van der Waals surface area (Å²) in [5.74, 6) is 0. The summed E-state index contributed by atoms with van der Waals surface area (Å²) in [5.41, 5.74) is 1.33. The van der Waals surface area contributed by atoms with Gasteiger partial charge in [0.2, 0.25) is 0 Å². The van der Waals surface area contributed by atoms with Crippen LogP contribution in [0.5, 0.6) is 0 Å². The second-order valence-electron chi connectivity index (χ2n) is 6.39. The topological polar surface area (TPSA) is 44.6 Å². The third-order valence-electron chi connectivity index (χ3n) is 4.48. The van der Waals surface area contributed by atoms with E-state index in [0.29, 0.717) is 0 Å². The number of aliphatic imine (C=N–C) groups is 1. The molecule has 1 aromatic carbocycles. The second-order valence-corrected chi connectivity index (χ2v) is 6.39. The highest BCUT2D eigenvalue weighted by Crippen LogP contribution is 2.29. The van der Waals surface area contributed by atoms with Gasteiger partial charge in [-0.25, -0.2) is 0 Å². The zero-order valence-corrected chi connectivity index (χ0v) is 14.1. The molecule has 2 rings (SSSR count). The first-order chi connectivity index (χ1) is 11.3. The molecular formula is C20H30N2O. The molecule has 1 atom stereocenters. The van der Waals surface area contributed by atoms with Gasteiger partial charge in [-0.1, -0.05) is 55.7 Å². The van der Waals surface area contributed by atoms with Crippen molar-refractivity contribution in [2.75, 3.05) is 13.2 Å². The Morgan fingerprint density at radius 1 is 0.957 bits per heavy atom. The monoisotopic (exact) mass is 314 g/mol. The summed E-state index contributed by atoms with van der Waals surface area (Å²) >= 11 is 0. The molecule has 1 unspecified atom stereocenters. The van der Waals surface area contributed by atoms with Crippen molar-refractivity contribution >= 4 is 6.21 Å². The van der Waals surface area contributed by atoms with Gasteiger partial charge in [-0.15, -0.1) is 0 Å². The van der Waals surface area contributed by atoms with Gasteiger partial charge < -0.3 is 10.4 Å². The number of benzene rings is 1. The van der Waals surface area contributed by atoms with Crippen LogP contribution < -0.4 is 5.32 Å². The number of nitrogens with zero attached hydrogens (tertiary/aromatic N) is 1. The van der Waals surface area contributed by atoms with Crippen LogP contribution in [0.25, 0.3) is 0 Å². The fourth-order valence-electron chi connectivity index (χ4n) is 3.13. The molecule has 126 valence electrons. The van der Waals surface area contributed by atoms with Crippen LogP contribution in [0.4, 0.5) is 0 Å². The largest absolute Gasteiger partial charge is 0.396 e. The molecule has 0 radical (unpaired) electrons. The van der Waals surface area contributed by atoms with E-state index < -0.39 is 0 Å². The number of hydrogen-bond acceptors (Lipinski definition) is 3. The zero-order valence-electron chi connectivity index (χ0n) is 14.1. The normalized spacial score (nSPS) is 19.5. The number of rotatable bonds is 12. The highest BCUT2D eigenvalue weighted by molar-refractivity contribution is 5.75. The van der Waals surface area contributed by atoms with Crippen LogP contribution in [0.3, 0.4) is 0 Å². The van der Waals surface area contributed by atoms with Gasteiger partial charge in [-0.3, -0.25) is 4.99 Å². The summed E-state index contributed by atoms with van der Waals surface area (Å²) < 4.78 is 0. The first-order valence-electron chi connectivity index (χ1n) is 8.93. The van der Waals surface area contributed by atoms with Crippen LogP contribution in [0.1, 0.15) is 50.5 Å². The minimum absolute atomic E-state index is 0.0196. The highest BCUT2D eigenvalue weighted by atomic mass is 16.2. The molecule has 23 heavy (non-hydrogen) atoms. The number of hydrogen-bond donors (Lipinski definition) is 2. The van der Waals surface area contributed by atoms with Crippen molar-refractivity contribution < 1.29 is 5.11 Å². The summed E-state index contributed by atoms with van der Waals surface area (Å²) in [7, 11) is 0. The molecule has 0 spiro atoms. The summed E-state index contributed by atoms with van der Waals surface area (Å²) in [4.78, 5) is 4.63. The SMILES string of the molecule is OCCCC1(CCCCCCNCc2ccccc2)C=CC=N1. The number of aliphatic hydroxyl groups excluding tert-OH is 1.